The van der Waals surface area contributed by atoms with Gasteiger partial charge in [-0.25, -0.2) is 4.98 Å². The van der Waals surface area contributed by atoms with Gasteiger partial charge >= 0.3 is 0 Å². The number of halogens is 1. The molecule has 1 aliphatic rings. The number of amides is 1. The molecule has 0 bridgehead atoms. The molecule has 0 radical (unpaired) electrons. The van der Waals surface area contributed by atoms with Gasteiger partial charge in [0.25, 0.3) is 5.91 Å². The fourth-order valence-electron chi connectivity index (χ4n) is 4.20. The molecule has 0 spiro atoms. The van der Waals surface area contributed by atoms with Gasteiger partial charge < -0.3 is 10.1 Å². The van der Waals surface area contributed by atoms with Crippen LogP contribution >= 0.6 is 11.6 Å². The van der Waals surface area contributed by atoms with Crippen LogP contribution in [-0.2, 0) is 5.72 Å². The molecule has 2 unspecified atom stereocenters. The van der Waals surface area contributed by atoms with Crippen molar-refractivity contribution < 1.29 is 9.90 Å². The third-order valence-electron chi connectivity index (χ3n) is 5.64. The molecule has 1 amide bonds. The van der Waals surface area contributed by atoms with Crippen molar-refractivity contribution in [2.24, 2.45) is 0 Å². The highest BCUT2D eigenvalue weighted by molar-refractivity contribution is 6.30. The van der Waals surface area contributed by atoms with Crippen LogP contribution in [0, 0.1) is 0 Å². The number of aromatic amines is 1. The topological polar surface area (TPSA) is 69.2 Å². The van der Waals surface area contributed by atoms with Gasteiger partial charge in [0.05, 0.1) is 23.4 Å². The van der Waals surface area contributed by atoms with Crippen molar-refractivity contribution in [1.82, 2.24) is 14.9 Å². The summed E-state index contributed by atoms with van der Waals surface area (Å²) in [6.45, 7) is 1.90. The summed E-state index contributed by atoms with van der Waals surface area (Å²) in [6, 6.07) is 19.6. The second-order valence-electron chi connectivity index (χ2n) is 7.26. The second kappa shape index (κ2) is 6.44. The lowest BCUT2D eigenvalue weighted by Gasteiger charge is -2.39. The lowest BCUT2D eigenvalue weighted by Crippen LogP contribution is -2.46. The number of fused-ring (bicyclic) bond motifs is 2. The maximum absolute atomic E-state index is 13.4. The molecule has 2 N–H and O–H groups in total. The van der Waals surface area contributed by atoms with Crippen molar-refractivity contribution in [3.05, 3.63) is 100 Å². The van der Waals surface area contributed by atoms with Gasteiger partial charge in [-0.3, -0.25) is 9.69 Å². The quantitative estimate of drug-likeness (QED) is 0.524. The predicted molar refractivity (Wildman–Crippen MR) is 112 cm³/mol. The van der Waals surface area contributed by atoms with E-state index in [1.54, 1.807) is 24.5 Å². The normalized spacial score (nSPS) is 19.6. The van der Waals surface area contributed by atoms with Crippen LogP contribution in [0.15, 0.2) is 73.1 Å². The number of hydrogen-bond acceptors (Lipinski definition) is 3. The van der Waals surface area contributed by atoms with Crippen LogP contribution in [0.25, 0.3) is 11.0 Å². The van der Waals surface area contributed by atoms with Crippen molar-refractivity contribution in [2.45, 2.75) is 18.7 Å². The Bertz CT molecular complexity index is 1250. The predicted octanol–water partition coefficient (Wildman–Crippen LogP) is 4.63. The SMILES string of the molecule is CC(c1cccc(Cl)c1)N1C(=O)c2ccccc2C1(O)c1ccc2nc[nH]c2c1. The third kappa shape index (κ3) is 2.58. The molecular weight excluding hydrogens is 386 g/mol. The third-order valence-corrected chi connectivity index (χ3v) is 5.88. The Morgan fingerprint density at radius 2 is 1.93 bits per heavy atom. The average molecular weight is 404 g/mol. The lowest BCUT2D eigenvalue weighted by atomic mass is 9.92. The molecule has 0 saturated heterocycles. The van der Waals surface area contributed by atoms with Crippen LogP contribution in [0.5, 0.6) is 0 Å². The smallest absolute Gasteiger partial charge is 0.257 e. The van der Waals surface area contributed by atoms with E-state index in [4.69, 9.17) is 11.6 Å². The highest BCUT2D eigenvalue weighted by Crippen LogP contribution is 2.47. The highest BCUT2D eigenvalue weighted by Gasteiger charge is 2.51. The summed E-state index contributed by atoms with van der Waals surface area (Å²) in [5.41, 5.74) is 2.48. The molecule has 5 rings (SSSR count). The first-order valence-corrected chi connectivity index (χ1v) is 9.72. The summed E-state index contributed by atoms with van der Waals surface area (Å²) in [7, 11) is 0. The van der Waals surface area contributed by atoms with E-state index in [1.165, 1.54) is 4.90 Å². The van der Waals surface area contributed by atoms with Crippen molar-refractivity contribution in [1.29, 1.82) is 0 Å². The molecule has 0 aliphatic carbocycles. The molecule has 2 heterocycles. The molecule has 0 fully saturated rings. The Hall–Kier alpha value is -3.15. The molecule has 5 nitrogen and oxygen atoms in total. The van der Waals surface area contributed by atoms with Crippen LogP contribution < -0.4 is 0 Å². The molecule has 3 aromatic carbocycles. The standard InChI is InChI=1S/C23H18ClN3O2/c1-14(15-5-4-6-17(24)11-15)27-22(28)18-7-2-3-8-19(18)23(27,29)16-9-10-20-21(12-16)26-13-25-20/h2-14,29H,1H3,(H,25,26). The molecule has 1 aromatic heterocycles. The van der Waals surface area contributed by atoms with Crippen LogP contribution in [0.4, 0.5) is 0 Å². The summed E-state index contributed by atoms with van der Waals surface area (Å²) in [4.78, 5) is 22.3. The molecule has 2 atom stereocenters. The van der Waals surface area contributed by atoms with Gasteiger partial charge in [-0.2, -0.15) is 0 Å². The Kier molecular flexibility index (Phi) is 3.98. The second-order valence-corrected chi connectivity index (χ2v) is 7.69. The van der Waals surface area contributed by atoms with Gasteiger partial charge in [-0.1, -0.05) is 48.0 Å². The summed E-state index contributed by atoms with van der Waals surface area (Å²) in [6.07, 6.45) is 1.61. The van der Waals surface area contributed by atoms with E-state index in [0.29, 0.717) is 21.7 Å². The molecule has 6 heteroatoms. The first kappa shape index (κ1) is 17.9. The van der Waals surface area contributed by atoms with Gasteiger partial charge in [0.2, 0.25) is 0 Å². The van der Waals surface area contributed by atoms with Gasteiger partial charge in [-0.05, 0) is 42.8 Å². The van der Waals surface area contributed by atoms with Crippen molar-refractivity contribution in [3.8, 4) is 0 Å². The summed E-state index contributed by atoms with van der Waals surface area (Å²) >= 11 is 6.19. The zero-order valence-corrected chi connectivity index (χ0v) is 16.4. The molecular formula is C23H18ClN3O2. The number of benzene rings is 3. The van der Waals surface area contributed by atoms with Crippen molar-refractivity contribution in [2.75, 3.05) is 0 Å². The minimum atomic E-state index is -1.62. The first-order chi connectivity index (χ1) is 14.0. The number of nitrogens with one attached hydrogen (secondary N) is 1. The number of carbonyl (C=O) groups excluding carboxylic acids is 1. The number of rotatable bonds is 3. The molecule has 144 valence electrons. The zero-order valence-electron chi connectivity index (χ0n) is 15.6. The van der Waals surface area contributed by atoms with E-state index in [2.05, 4.69) is 9.97 Å². The fraction of sp³-hybridized carbons (Fsp3) is 0.130. The number of carbonyl (C=O) groups is 1. The minimum Gasteiger partial charge on any atom is -0.363 e. The van der Waals surface area contributed by atoms with Crippen molar-refractivity contribution >= 4 is 28.5 Å². The van der Waals surface area contributed by atoms with Crippen LogP contribution in [-0.4, -0.2) is 25.9 Å². The molecule has 4 aromatic rings. The Labute approximate surface area is 172 Å². The van der Waals surface area contributed by atoms with Crippen molar-refractivity contribution in [3.63, 3.8) is 0 Å². The summed E-state index contributed by atoms with van der Waals surface area (Å²) in [5, 5.41) is 12.7. The van der Waals surface area contributed by atoms with Gasteiger partial charge in [-0.15, -0.1) is 0 Å². The van der Waals surface area contributed by atoms with E-state index in [9.17, 15) is 9.90 Å². The number of H-pyrrole nitrogens is 1. The first-order valence-electron chi connectivity index (χ1n) is 9.35. The van der Waals surface area contributed by atoms with E-state index >= 15 is 0 Å². The largest absolute Gasteiger partial charge is 0.363 e. The molecule has 0 saturated carbocycles. The number of nitrogens with zero attached hydrogens (tertiary/aromatic N) is 2. The number of aromatic nitrogens is 2. The average Bonchev–Trinajstić information content (AvgIpc) is 3.29. The Balaban J connectivity index is 1.73. The van der Waals surface area contributed by atoms with E-state index in [1.807, 2.05) is 55.5 Å². The zero-order chi connectivity index (χ0) is 20.2. The summed E-state index contributed by atoms with van der Waals surface area (Å²) < 4.78 is 0. The monoisotopic (exact) mass is 403 g/mol. The Morgan fingerprint density at radius 3 is 2.76 bits per heavy atom. The lowest BCUT2D eigenvalue weighted by molar-refractivity contribution is -0.0676. The number of hydrogen-bond donors (Lipinski definition) is 2. The summed E-state index contributed by atoms with van der Waals surface area (Å²) in [5.74, 6) is -0.222. The van der Waals surface area contributed by atoms with E-state index < -0.39 is 11.8 Å². The number of aliphatic hydroxyl groups is 1. The highest BCUT2D eigenvalue weighted by atomic mass is 35.5. The maximum atomic E-state index is 13.4. The van der Waals surface area contributed by atoms with Crippen LogP contribution in [0.2, 0.25) is 5.02 Å². The molecule has 1 aliphatic heterocycles. The Morgan fingerprint density at radius 1 is 1.10 bits per heavy atom. The van der Waals surface area contributed by atoms with Gasteiger partial charge in [0, 0.05) is 21.7 Å². The minimum absolute atomic E-state index is 0.222. The van der Waals surface area contributed by atoms with Crippen LogP contribution in [0.3, 0.4) is 0 Å². The maximum Gasteiger partial charge on any atom is 0.257 e. The molecule has 29 heavy (non-hydrogen) atoms. The van der Waals surface area contributed by atoms with Crippen LogP contribution in [0.1, 0.15) is 40.0 Å². The number of imidazole rings is 1. The van der Waals surface area contributed by atoms with E-state index in [-0.39, 0.29) is 5.91 Å². The fourth-order valence-corrected chi connectivity index (χ4v) is 4.40. The van der Waals surface area contributed by atoms with Gasteiger partial charge in [0.15, 0.2) is 5.72 Å². The van der Waals surface area contributed by atoms with E-state index in [0.717, 1.165) is 16.6 Å². The van der Waals surface area contributed by atoms with Gasteiger partial charge in [0.1, 0.15) is 0 Å².